The molecule has 0 saturated carbocycles. The second-order valence-corrected chi connectivity index (χ2v) is 3.64. The number of rotatable bonds is 1. The van der Waals surface area contributed by atoms with E-state index in [4.69, 9.17) is 17.3 Å². The number of halogens is 2. The predicted octanol–water partition coefficient (Wildman–Crippen LogP) is 2.76. The van der Waals surface area contributed by atoms with Crippen LogP contribution in [0.3, 0.4) is 0 Å². The maximum absolute atomic E-state index is 13.3. The van der Waals surface area contributed by atoms with Gasteiger partial charge in [0.15, 0.2) is 0 Å². The van der Waals surface area contributed by atoms with Gasteiger partial charge in [-0.1, -0.05) is 17.7 Å². The van der Waals surface area contributed by atoms with Crippen LogP contribution < -0.4 is 5.73 Å². The molecule has 3 nitrogen and oxygen atoms in total. The molecule has 0 amide bonds. The molecule has 0 bridgehead atoms. The van der Waals surface area contributed by atoms with Gasteiger partial charge in [-0.25, -0.2) is 4.39 Å². The number of hydrogen-bond donors (Lipinski definition) is 2. The number of benzene rings is 1. The Hall–Kier alpha value is -1.55. The monoisotopic (exact) mass is 225 g/mol. The first-order chi connectivity index (χ1) is 7.09. The molecule has 3 N–H and O–H groups in total. The largest absolute Gasteiger partial charge is 0.382 e. The Bertz CT molecular complexity index is 507. The molecule has 2 aromatic rings. The topological polar surface area (TPSA) is 54.7 Å². The Morgan fingerprint density at radius 1 is 1.47 bits per heavy atom. The minimum atomic E-state index is -0.453. The van der Waals surface area contributed by atoms with Crippen molar-refractivity contribution in [3.63, 3.8) is 0 Å². The first-order valence-corrected chi connectivity index (χ1v) is 4.73. The summed E-state index contributed by atoms with van der Waals surface area (Å²) in [6.45, 7) is 1.84. The van der Waals surface area contributed by atoms with E-state index in [-0.39, 0.29) is 5.02 Å². The van der Waals surface area contributed by atoms with E-state index in [9.17, 15) is 4.39 Å². The van der Waals surface area contributed by atoms with Crippen molar-refractivity contribution >= 4 is 17.4 Å². The second kappa shape index (κ2) is 3.55. The van der Waals surface area contributed by atoms with E-state index in [2.05, 4.69) is 10.2 Å². The van der Waals surface area contributed by atoms with Crippen LogP contribution in [0, 0.1) is 12.7 Å². The molecular formula is C10H9ClFN3. The third kappa shape index (κ3) is 1.68. The van der Waals surface area contributed by atoms with E-state index in [0.717, 1.165) is 5.56 Å². The van der Waals surface area contributed by atoms with Crippen molar-refractivity contribution < 1.29 is 4.39 Å². The normalized spacial score (nSPS) is 10.6. The minimum Gasteiger partial charge on any atom is -0.382 e. The van der Waals surface area contributed by atoms with Crippen LogP contribution in [0.25, 0.3) is 11.3 Å². The van der Waals surface area contributed by atoms with Gasteiger partial charge in [-0.05, 0) is 18.6 Å². The smallest absolute Gasteiger partial charge is 0.145 e. The van der Waals surface area contributed by atoms with Crippen molar-refractivity contribution in [2.45, 2.75) is 6.92 Å². The Balaban J connectivity index is 2.66. The summed E-state index contributed by atoms with van der Waals surface area (Å²) in [7, 11) is 0. The molecule has 1 aromatic carbocycles. The zero-order valence-corrected chi connectivity index (χ0v) is 8.77. The molecule has 15 heavy (non-hydrogen) atoms. The summed E-state index contributed by atoms with van der Waals surface area (Å²) in [5.74, 6) is -0.102. The van der Waals surface area contributed by atoms with Crippen molar-refractivity contribution in [2.75, 3.05) is 5.73 Å². The number of aromatic nitrogens is 2. The summed E-state index contributed by atoms with van der Waals surface area (Å²) < 4.78 is 13.3. The number of hydrogen-bond acceptors (Lipinski definition) is 2. The van der Waals surface area contributed by atoms with Crippen molar-refractivity contribution in [1.29, 1.82) is 0 Å². The van der Waals surface area contributed by atoms with Crippen LogP contribution in [0.5, 0.6) is 0 Å². The predicted molar refractivity (Wildman–Crippen MR) is 58.1 cm³/mol. The summed E-state index contributed by atoms with van der Waals surface area (Å²) in [5, 5.41) is 6.56. The highest BCUT2D eigenvalue weighted by molar-refractivity contribution is 6.33. The van der Waals surface area contributed by atoms with E-state index < -0.39 is 5.82 Å². The number of H-pyrrole nitrogens is 1. The van der Waals surface area contributed by atoms with Gasteiger partial charge in [0.05, 0.1) is 10.7 Å². The Kier molecular flexibility index (Phi) is 2.36. The lowest BCUT2D eigenvalue weighted by molar-refractivity contribution is 0.628. The van der Waals surface area contributed by atoms with Crippen LogP contribution in [0.15, 0.2) is 18.2 Å². The first kappa shape index (κ1) is 9.98. The molecule has 78 valence electrons. The maximum Gasteiger partial charge on any atom is 0.145 e. The van der Waals surface area contributed by atoms with E-state index >= 15 is 0 Å². The Labute approximate surface area is 91.1 Å². The van der Waals surface area contributed by atoms with Gasteiger partial charge in [-0.15, -0.1) is 0 Å². The van der Waals surface area contributed by atoms with Crippen molar-refractivity contribution in [3.8, 4) is 11.3 Å². The van der Waals surface area contributed by atoms with Gasteiger partial charge >= 0.3 is 0 Å². The maximum atomic E-state index is 13.3. The number of nitrogens with two attached hydrogens (primary N) is 1. The molecule has 0 unspecified atom stereocenters. The van der Waals surface area contributed by atoms with Crippen LogP contribution in [-0.2, 0) is 0 Å². The quantitative estimate of drug-likeness (QED) is 0.784. The average molecular weight is 226 g/mol. The summed E-state index contributed by atoms with van der Waals surface area (Å²) in [5.41, 5.74) is 7.56. The highest BCUT2D eigenvalue weighted by atomic mass is 35.5. The molecule has 0 aliphatic rings. The molecule has 0 spiro atoms. The molecule has 2 rings (SSSR count). The van der Waals surface area contributed by atoms with Crippen LogP contribution in [-0.4, -0.2) is 10.2 Å². The second-order valence-electron chi connectivity index (χ2n) is 3.26. The first-order valence-electron chi connectivity index (χ1n) is 4.35. The van der Waals surface area contributed by atoms with Crippen molar-refractivity contribution in [2.24, 2.45) is 0 Å². The van der Waals surface area contributed by atoms with Gasteiger partial charge in [0.2, 0.25) is 0 Å². The third-order valence-electron chi connectivity index (χ3n) is 2.17. The lowest BCUT2D eigenvalue weighted by Crippen LogP contribution is -1.88. The summed E-state index contributed by atoms with van der Waals surface area (Å²) in [6.07, 6.45) is 0. The zero-order chi connectivity index (χ0) is 11.0. The summed E-state index contributed by atoms with van der Waals surface area (Å²) in [6, 6.07) is 4.61. The molecule has 0 atom stereocenters. The number of aryl methyl sites for hydroxylation is 1. The molecule has 0 fully saturated rings. The van der Waals surface area contributed by atoms with Gasteiger partial charge in [0.25, 0.3) is 0 Å². The lowest BCUT2D eigenvalue weighted by atomic mass is 10.1. The van der Waals surface area contributed by atoms with E-state index in [1.165, 1.54) is 6.07 Å². The zero-order valence-electron chi connectivity index (χ0n) is 8.01. The molecule has 5 heteroatoms. The van der Waals surface area contributed by atoms with Gasteiger partial charge in [0.1, 0.15) is 11.6 Å². The Morgan fingerprint density at radius 3 is 2.80 bits per heavy atom. The standard InChI is InChI=1S/C10H9ClFN3/c1-5-2-3-6(12)10(11)9(5)7-4-8(13)15-14-7/h2-4H,1H3,(H3,13,14,15). The van der Waals surface area contributed by atoms with Gasteiger partial charge in [0, 0.05) is 11.6 Å². The fraction of sp³-hybridized carbons (Fsp3) is 0.100. The van der Waals surface area contributed by atoms with E-state index in [0.29, 0.717) is 17.1 Å². The molecule has 0 saturated heterocycles. The van der Waals surface area contributed by atoms with Crippen LogP contribution in [0.2, 0.25) is 5.02 Å². The molecule has 1 heterocycles. The fourth-order valence-electron chi connectivity index (χ4n) is 1.44. The number of nitrogens with one attached hydrogen (secondary N) is 1. The number of nitrogen functional groups attached to an aromatic ring is 1. The van der Waals surface area contributed by atoms with Gasteiger partial charge < -0.3 is 5.73 Å². The molecule has 1 aromatic heterocycles. The average Bonchev–Trinajstić information content (AvgIpc) is 2.59. The van der Waals surface area contributed by atoms with E-state index in [1.54, 1.807) is 12.1 Å². The summed E-state index contributed by atoms with van der Waals surface area (Å²) >= 11 is 5.88. The highest BCUT2D eigenvalue weighted by Crippen LogP contribution is 2.32. The van der Waals surface area contributed by atoms with Crippen LogP contribution in [0.4, 0.5) is 10.2 Å². The number of aromatic amines is 1. The third-order valence-corrected chi connectivity index (χ3v) is 2.54. The van der Waals surface area contributed by atoms with Crippen LogP contribution >= 0.6 is 11.6 Å². The molecule has 0 radical (unpaired) electrons. The van der Waals surface area contributed by atoms with Gasteiger partial charge in [-0.3, -0.25) is 5.10 Å². The molecular weight excluding hydrogens is 217 g/mol. The fourth-order valence-corrected chi connectivity index (χ4v) is 1.76. The number of nitrogens with zero attached hydrogens (tertiary/aromatic N) is 1. The lowest BCUT2D eigenvalue weighted by Gasteiger charge is -2.06. The number of anilines is 1. The van der Waals surface area contributed by atoms with Crippen LogP contribution in [0.1, 0.15) is 5.56 Å². The molecule has 0 aliphatic heterocycles. The van der Waals surface area contributed by atoms with Gasteiger partial charge in [-0.2, -0.15) is 5.10 Å². The van der Waals surface area contributed by atoms with Crippen molar-refractivity contribution in [3.05, 3.63) is 34.6 Å². The Morgan fingerprint density at radius 2 is 2.20 bits per heavy atom. The van der Waals surface area contributed by atoms with E-state index in [1.807, 2.05) is 6.92 Å². The van der Waals surface area contributed by atoms with Crippen molar-refractivity contribution in [1.82, 2.24) is 10.2 Å². The molecule has 0 aliphatic carbocycles. The highest BCUT2D eigenvalue weighted by Gasteiger charge is 2.13. The minimum absolute atomic E-state index is 0.0821. The summed E-state index contributed by atoms with van der Waals surface area (Å²) in [4.78, 5) is 0. The SMILES string of the molecule is Cc1ccc(F)c(Cl)c1-c1cc(N)n[nH]1.